The Balaban J connectivity index is 2.21. The summed E-state index contributed by atoms with van der Waals surface area (Å²) in [7, 11) is 0. The maximum atomic E-state index is 8.97. The van der Waals surface area contributed by atoms with Gasteiger partial charge in [0.1, 0.15) is 0 Å². The van der Waals surface area contributed by atoms with Crippen LogP contribution < -0.4 is 5.73 Å². The molecule has 1 fully saturated rings. The molecule has 98 valence electrons. The fourth-order valence-electron chi connectivity index (χ4n) is 2.63. The molecule has 2 N–H and O–H groups in total. The van der Waals surface area contributed by atoms with Crippen molar-refractivity contribution in [2.24, 2.45) is 17.1 Å². The van der Waals surface area contributed by atoms with Gasteiger partial charge in [-0.05, 0) is 71.5 Å². The predicted molar refractivity (Wildman–Crippen MR) is 71.5 cm³/mol. The molecule has 1 saturated heterocycles. The molecule has 3 nitrogen and oxygen atoms in total. The summed E-state index contributed by atoms with van der Waals surface area (Å²) in [6.07, 6.45) is 5.96. The number of rotatable bonds is 6. The van der Waals surface area contributed by atoms with Crippen LogP contribution in [0.1, 0.15) is 46.0 Å². The van der Waals surface area contributed by atoms with Gasteiger partial charge < -0.3 is 10.6 Å². The van der Waals surface area contributed by atoms with E-state index in [-0.39, 0.29) is 5.41 Å². The van der Waals surface area contributed by atoms with Crippen molar-refractivity contribution in [2.45, 2.75) is 46.0 Å². The first kappa shape index (κ1) is 14.5. The molecule has 0 bridgehead atoms. The number of likely N-dealkylation sites (tertiary alicyclic amines) is 1. The van der Waals surface area contributed by atoms with Crippen LogP contribution in [-0.2, 0) is 0 Å². The molecule has 1 unspecified atom stereocenters. The van der Waals surface area contributed by atoms with E-state index in [2.05, 4.69) is 11.0 Å². The summed E-state index contributed by atoms with van der Waals surface area (Å²) in [6, 6.07) is 2.37. The van der Waals surface area contributed by atoms with Gasteiger partial charge in [-0.1, -0.05) is 0 Å². The molecule has 0 amide bonds. The molecule has 0 spiro atoms. The summed E-state index contributed by atoms with van der Waals surface area (Å²) in [5.41, 5.74) is 5.47. The van der Waals surface area contributed by atoms with Crippen LogP contribution in [0, 0.1) is 22.7 Å². The van der Waals surface area contributed by atoms with E-state index < -0.39 is 0 Å². The van der Waals surface area contributed by atoms with E-state index in [9.17, 15) is 0 Å². The highest BCUT2D eigenvalue weighted by molar-refractivity contribution is 4.91. The Morgan fingerprint density at radius 3 is 2.88 bits per heavy atom. The lowest BCUT2D eigenvalue weighted by Gasteiger charge is -2.33. The largest absolute Gasteiger partial charge is 0.330 e. The molecular formula is C14H27N3. The lowest BCUT2D eigenvalue weighted by Crippen LogP contribution is -2.37. The molecule has 0 saturated carbocycles. The van der Waals surface area contributed by atoms with Crippen LogP contribution in [0.5, 0.6) is 0 Å². The Labute approximate surface area is 106 Å². The van der Waals surface area contributed by atoms with Crippen LogP contribution in [0.3, 0.4) is 0 Å². The van der Waals surface area contributed by atoms with Crippen molar-refractivity contribution in [1.82, 2.24) is 4.90 Å². The summed E-state index contributed by atoms with van der Waals surface area (Å²) in [5.74, 6) is 0.803. The summed E-state index contributed by atoms with van der Waals surface area (Å²) in [5, 5.41) is 8.97. The predicted octanol–water partition coefficient (Wildman–Crippen LogP) is 2.38. The minimum absolute atomic E-state index is 0.160. The molecule has 0 aromatic heterocycles. The highest BCUT2D eigenvalue weighted by Gasteiger charge is 2.20. The zero-order valence-corrected chi connectivity index (χ0v) is 11.4. The maximum Gasteiger partial charge on any atom is 0.0683 e. The summed E-state index contributed by atoms with van der Waals surface area (Å²) < 4.78 is 0. The number of hydrogen-bond acceptors (Lipinski definition) is 3. The van der Waals surface area contributed by atoms with Crippen molar-refractivity contribution in [3.05, 3.63) is 0 Å². The second-order valence-corrected chi connectivity index (χ2v) is 5.99. The van der Waals surface area contributed by atoms with Crippen molar-refractivity contribution in [3.8, 4) is 6.07 Å². The summed E-state index contributed by atoms with van der Waals surface area (Å²) in [4.78, 5) is 2.55. The van der Waals surface area contributed by atoms with E-state index in [4.69, 9.17) is 11.0 Å². The second-order valence-electron chi connectivity index (χ2n) is 5.99. The quantitative estimate of drug-likeness (QED) is 0.771. The van der Waals surface area contributed by atoms with Crippen molar-refractivity contribution in [3.63, 3.8) is 0 Å². The van der Waals surface area contributed by atoms with Gasteiger partial charge in [-0.2, -0.15) is 5.26 Å². The molecule has 0 aromatic carbocycles. The fraction of sp³-hybridized carbons (Fsp3) is 0.929. The molecule has 1 atom stereocenters. The van der Waals surface area contributed by atoms with Crippen molar-refractivity contribution in [1.29, 1.82) is 5.26 Å². The zero-order chi connectivity index (χ0) is 12.7. The molecule has 1 heterocycles. The highest BCUT2D eigenvalue weighted by Crippen LogP contribution is 2.23. The third-order valence-electron chi connectivity index (χ3n) is 3.76. The minimum Gasteiger partial charge on any atom is -0.330 e. The Bertz CT molecular complexity index is 253. The molecule has 0 aliphatic carbocycles. The molecule has 1 rings (SSSR count). The van der Waals surface area contributed by atoms with Gasteiger partial charge in [0.25, 0.3) is 0 Å². The van der Waals surface area contributed by atoms with Gasteiger partial charge in [0, 0.05) is 6.54 Å². The van der Waals surface area contributed by atoms with Crippen LogP contribution in [0.15, 0.2) is 0 Å². The smallest absolute Gasteiger partial charge is 0.0683 e. The SMILES string of the molecule is CC(C)(C#N)CCCN1CCCC(CCN)C1. The van der Waals surface area contributed by atoms with E-state index in [0.717, 1.165) is 31.8 Å². The molecule has 17 heavy (non-hydrogen) atoms. The first-order valence-corrected chi connectivity index (χ1v) is 6.91. The van der Waals surface area contributed by atoms with E-state index in [1.807, 2.05) is 13.8 Å². The number of nitrogens with two attached hydrogens (primary N) is 1. The van der Waals surface area contributed by atoms with Gasteiger partial charge >= 0.3 is 0 Å². The topological polar surface area (TPSA) is 53.0 Å². The highest BCUT2D eigenvalue weighted by atomic mass is 15.1. The molecular weight excluding hydrogens is 210 g/mol. The van der Waals surface area contributed by atoms with E-state index in [1.54, 1.807) is 0 Å². The van der Waals surface area contributed by atoms with Crippen molar-refractivity contribution >= 4 is 0 Å². The van der Waals surface area contributed by atoms with E-state index in [1.165, 1.54) is 32.4 Å². The van der Waals surface area contributed by atoms with Gasteiger partial charge in [-0.15, -0.1) is 0 Å². The maximum absolute atomic E-state index is 8.97. The lowest BCUT2D eigenvalue weighted by atomic mass is 9.89. The number of nitrogens with zero attached hydrogens (tertiary/aromatic N) is 2. The first-order chi connectivity index (χ1) is 8.07. The molecule has 1 aliphatic rings. The van der Waals surface area contributed by atoms with Crippen LogP contribution in [0.25, 0.3) is 0 Å². The first-order valence-electron chi connectivity index (χ1n) is 6.91. The third kappa shape index (κ3) is 5.52. The summed E-state index contributed by atoms with van der Waals surface area (Å²) in [6.45, 7) is 8.46. The monoisotopic (exact) mass is 237 g/mol. The van der Waals surface area contributed by atoms with E-state index in [0.29, 0.717) is 0 Å². The van der Waals surface area contributed by atoms with Gasteiger partial charge in [0.15, 0.2) is 0 Å². The van der Waals surface area contributed by atoms with Crippen LogP contribution >= 0.6 is 0 Å². The fourth-order valence-corrected chi connectivity index (χ4v) is 2.63. The molecule has 3 heteroatoms. The standard InChI is InChI=1S/C14H27N3/c1-14(2,12-16)7-4-10-17-9-3-5-13(11-17)6-8-15/h13H,3-11,15H2,1-2H3. The van der Waals surface area contributed by atoms with Crippen LogP contribution in [-0.4, -0.2) is 31.1 Å². The van der Waals surface area contributed by atoms with Crippen molar-refractivity contribution in [2.75, 3.05) is 26.2 Å². The average Bonchev–Trinajstić information content (AvgIpc) is 2.30. The molecule has 0 aromatic rings. The Morgan fingerprint density at radius 2 is 2.24 bits per heavy atom. The van der Waals surface area contributed by atoms with Gasteiger partial charge in [0.2, 0.25) is 0 Å². The van der Waals surface area contributed by atoms with Crippen LogP contribution in [0.4, 0.5) is 0 Å². The van der Waals surface area contributed by atoms with Crippen molar-refractivity contribution < 1.29 is 0 Å². The molecule has 1 aliphatic heterocycles. The van der Waals surface area contributed by atoms with Gasteiger partial charge in [-0.25, -0.2) is 0 Å². The molecule has 0 radical (unpaired) electrons. The van der Waals surface area contributed by atoms with Gasteiger partial charge in [0.05, 0.1) is 11.5 Å². The summed E-state index contributed by atoms with van der Waals surface area (Å²) >= 11 is 0. The van der Waals surface area contributed by atoms with E-state index >= 15 is 0 Å². The lowest BCUT2D eigenvalue weighted by molar-refractivity contribution is 0.163. The number of piperidine rings is 1. The number of hydrogen-bond donors (Lipinski definition) is 1. The third-order valence-corrected chi connectivity index (χ3v) is 3.76. The Hall–Kier alpha value is -0.590. The minimum atomic E-state index is -0.160. The zero-order valence-electron chi connectivity index (χ0n) is 11.4. The average molecular weight is 237 g/mol. The second kappa shape index (κ2) is 6.98. The normalized spacial score (nSPS) is 22.4. The van der Waals surface area contributed by atoms with Crippen LogP contribution in [0.2, 0.25) is 0 Å². The number of nitriles is 1. The Morgan fingerprint density at radius 1 is 1.47 bits per heavy atom. The van der Waals surface area contributed by atoms with Gasteiger partial charge in [-0.3, -0.25) is 0 Å². The Kier molecular flexibility index (Phi) is 5.94.